The molecule has 1 aromatic carbocycles. The van der Waals surface area contributed by atoms with Crippen LogP contribution in [0.25, 0.3) is 0 Å². The molecule has 220 valence electrons. The third-order valence-electron chi connectivity index (χ3n) is 7.59. The number of halogens is 3. The topological polar surface area (TPSA) is 92.4 Å². The van der Waals surface area contributed by atoms with Crippen LogP contribution < -0.4 is 21.3 Å². The summed E-state index contributed by atoms with van der Waals surface area (Å²) in [6, 6.07) is 1.38. The Hall–Kier alpha value is -2.70. The Morgan fingerprint density at radius 1 is 1.18 bits per heavy atom. The average Bonchev–Trinajstić information content (AvgIpc) is 3.34. The first-order valence-electron chi connectivity index (χ1n) is 14.0. The molecule has 2 aromatic rings. The van der Waals surface area contributed by atoms with E-state index in [9.17, 15) is 13.2 Å². The number of rotatable bonds is 11. The molecular weight excluding hydrogens is 541 g/mol. The molecule has 4 rings (SSSR count). The smallest absolute Gasteiger partial charge is 0.224 e. The van der Waals surface area contributed by atoms with Gasteiger partial charge in [-0.15, -0.1) is 0 Å². The zero-order valence-corrected chi connectivity index (χ0v) is 24.1. The van der Waals surface area contributed by atoms with Crippen molar-refractivity contribution in [1.82, 2.24) is 9.97 Å². The summed E-state index contributed by atoms with van der Waals surface area (Å²) in [5.41, 5.74) is -0.502. The molecule has 2 heterocycles. The minimum atomic E-state index is -1.10. The molecule has 1 aliphatic heterocycles. The van der Waals surface area contributed by atoms with Gasteiger partial charge in [-0.3, -0.25) is 0 Å². The summed E-state index contributed by atoms with van der Waals surface area (Å²) in [6.07, 6.45) is 8.76. The van der Waals surface area contributed by atoms with Gasteiger partial charge in [0.2, 0.25) is 5.95 Å². The second kappa shape index (κ2) is 13.8. The Kier molecular flexibility index (Phi) is 10.4. The van der Waals surface area contributed by atoms with Gasteiger partial charge in [0, 0.05) is 31.4 Å². The summed E-state index contributed by atoms with van der Waals surface area (Å²) in [7, 11) is 0. The summed E-state index contributed by atoms with van der Waals surface area (Å²) < 4.78 is 53.2. The van der Waals surface area contributed by atoms with Crippen molar-refractivity contribution in [3.05, 3.63) is 35.8 Å². The summed E-state index contributed by atoms with van der Waals surface area (Å²) in [5, 5.41) is 12.1. The minimum absolute atomic E-state index is 0.101. The van der Waals surface area contributed by atoms with Gasteiger partial charge in [0.15, 0.2) is 22.6 Å². The number of nitrogens with one attached hydrogen (secondary N) is 4. The van der Waals surface area contributed by atoms with Crippen LogP contribution in [0, 0.1) is 23.4 Å². The van der Waals surface area contributed by atoms with E-state index < -0.39 is 23.1 Å². The normalized spacial score (nSPS) is 23.4. The molecule has 1 aliphatic carbocycles. The first-order valence-corrected chi connectivity index (χ1v) is 14.4. The van der Waals surface area contributed by atoms with Crippen LogP contribution in [0.4, 0.5) is 36.3 Å². The predicted octanol–water partition coefficient (Wildman–Crippen LogP) is 6.47. The fourth-order valence-corrected chi connectivity index (χ4v) is 5.03. The van der Waals surface area contributed by atoms with E-state index in [-0.39, 0.29) is 16.7 Å². The monoisotopic (exact) mass is 580 g/mol. The SMILES string of the molecule is CCC(C)CCOC1CCC(Nc2ncc(NC(=S)Nc3c(F)cc(F)cc3F)c(NC3(C)CCOC3)n2)CC1. The number of ether oxygens (including phenoxy) is 2. The van der Waals surface area contributed by atoms with E-state index in [1.807, 2.05) is 6.92 Å². The zero-order valence-electron chi connectivity index (χ0n) is 23.3. The molecule has 8 nitrogen and oxygen atoms in total. The molecule has 1 aromatic heterocycles. The molecular formula is C28H39F3N6O2S. The van der Waals surface area contributed by atoms with Gasteiger partial charge in [0.05, 0.1) is 24.4 Å². The van der Waals surface area contributed by atoms with Gasteiger partial charge in [0.1, 0.15) is 17.2 Å². The van der Waals surface area contributed by atoms with Crippen LogP contribution in [0.3, 0.4) is 0 Å². The molecule has 2 atom stereocenters. The lowest BCUT2D eigenvalue weighted by atomic mass is 9.93. The lowest BCUT2D eigenvalue weighted by Gasteiger charge is -2.30. The number of hydrogen-bond donors (Lipinski definition) is 4. The van der Waals surface area contributed by atoms with Gasteiger partial charge < -0.3 is 30.7 Å². The van der Waals surface area contributed by atoms with E-state index >= 15 is 0 Å². The Labute approximate surface area is 239 Å². The van der Waals surface area contributed by atoms with Crippen molar-refractivity contribution in [2.75, 3.05) is 41.1 Å². The highest BCUT2D eigenvalue weighted by Crippen LogP contribution is 2.30. The lowest BCUT2D eigenvalue weighted by molar-refractivity contribution is 0.0200. The third-order valence-corrected chi connectivity index (χ3v) is 7.79. The molecule has 12 heteroatoms. The molecule has 4 N–H and O–H groups in total. The van der Waals surface area contributed by atoms with Crippen molar-refractivity contribution in [3.8, 4) is 0 Å². The van der Waals surface area contributed by atoms with Crippen LogP contribution in [0.15, 0.2) is 18.3 Å². The first kappa shape index (κ1) is 30.3. The van der Waals surface area contributed by atoms with Crippen molar-refractivity contribution in [2.45, 2.75) is 83.4 Å². The third kappa shape index (κ3) is 8.40. The molecule has 2 aliphatic rings. The quantitative estimate of drug-likeness (QED) is 0.223. The number of hydrogen-bond acceptors (Lipinski definition) is 7. The van der Waals surface area contributed by atoms with Gasteiger partial charge in [-0.05, 0) is 63.6 Å². The van der Waals surface area contributed by atoms with Crippen LogP contribution in [-0.4, -0.2) is 52.6 Å². The van der Waals surface area contributed by atoms with Gasteiger partial charge in [-0.25, -0.2) is 18.2 Å². The highest BCUT2D eigenvalue weighted by atomic mass is 32.1. The molecule has 1 saturated carbocycles. The average molecular weight is 581 g/mol. The molecule has 0 radical (unpaired) electrons. The Morgan fingerprint density at radius 3 is 2.55 bits per heavy atom. The number of thiocarbonyl (C=S) groups is 1. The van der Waals surface area contributed by atoms with Crippen LogP contribution in [-0.2, 0) is 9.47 Å². The van der Waals surface area contributed by atoms with Crippen molar-refractivity contribution in [3.63, 3.8) is 0 Å². The zero-order chi connectivity index (χ0) is 28.7. The van der Waals surface area contributed by atoms with Crippen LogP contribution in [0.2, 0.25) is 0 Å². The van der Waals surface area contributed by atoms with Crippen LogP contribution in [0.1, 0.15) is 65.7 Å². The van der Waals surface area contributed by atoms with Gasteiger partial charge in [-0.1, -0.05) is 20.3 Å². The largest absolute Gasteiger partial charge is 0.379 e. The second-order valence-electron chi connectivity index (χ2n) is 11.1. The maximum Gasteiger partial charge on any atom is 0.224 e. The van der Waals surface area contributed by atoms with Crippen molar-refractivity contribution in [1.29, 1.82) is 0 Å². The number of nitrogens with zero attached hydrogens (tertiary/aromatic N) is 2. The maximum absolute atomic E-state index is 14.1. The molecule has 0 spiro atoms. The van der Waals surface area contributed by atoms with E-state index in [1.54, 1.807) is 6.20 Å². The number of aromatic nitrogens is 2. The predicted molar refractivity (Wildman–Crippen MR) is 155 cm³/mol. The van der Waals surface area contributed by atoms with Crippen LogP contribution in [0.5, 0.6) is 0 Å². The molecule has 0 bridgehead atoms. The second-order valence-corrected chi connectivity index (χ2v) is 11.5. The summed E-state index contributed by atoms with van der Waals surface area (Å²) in [6.45, 7) is 8.41. The highest BCUT2D eigenvalue weighted by Gasteiger charge is 2.31. The van der Waals surface area contributed by atoms with Gasteiger partial charge >= 0.3 is 0 Å². The lowest BCUT2D eigenvalue weighted by Crippen LogP contribution is -2.36. The van der Waals surface area contributed by atoms with E-state index in [1.165, 1.54) is 6.42 Å². The van der Waals surface area contributed by atoms with Crippen molar-refractivity contribution < 1.29 is 22.6 Å². The van der Waals surface area contributed by atoms with E-state index in [4.69, 9.17) is 26.7 Å². The Bertz CT molecular complexity index is 1140. The van der Waals surface area contributed by atoms with E-state index in [2.05, 4.69) is 40.1 Å². The Morgan fingerprint density at radius 2 is 1.90 bits per heavy atom. The molecule has 2 unspecified atom stereocenters. The minimum Gasteiger partial charge on any atom is -0.379 e. The standard InChI is InChI=1S/C28H39F3N6O2S/c1-4-17(2)9-11-39-20-7-5-19(6-8-20)33-26-32-15-23(25(36-26)37-28(3)10-12-38-16-28)34-27(40)35-24-21(30)13-18(29)14-22(24)31/h13-15,17,19-20H,4-12,16H2,1-3H3,(H2,34,35,40)(H2,32,33,36,37). The number of benzene rings is 1. The van der Waals surface area contributed by atoms with Gasteiger partial charge in [0.25, 0.3) is 0 Å². The van der Waals surface area contributed by atoms with Gasteiger partial charge in [-0.2, -0.15) is 4.98 Å². The summed E-state index contributed by atoms with van der Waals surface area (Å²) in [4.78, 5) is 9.17. The Balaban J connectivity index is 1.40. The summed E-state index contributed by atoms with van der Waals surface area (Å²) in [5.74, 6) is -1.59. The highest BCUT2D eigenvalue weighted by molar-refractivity contribution is 7.80. The fraction of sp³-hybridized carbons (Fsp3) is 0.607. The van der Waals surface area contributed by atoms with Crippen LogP contribution >= 0.6 is 12.2 Å². The first-order chi connectivity index (χ1) is 19.1. The number of anilines is 4. The molecule has 40 heavy (non-hydrogen) atoms. The van der Waals surface area contributed by atoms with Crippen molar-refractivity contribution >= 4 is 40.5 Å². The maximum atomic E-state index is 14.1. The summed E-state index contributed by atoms with van der Waals surface area (Å²) >= 11 is 5.28. The van der Waals surface area contributed by atoms with E-state index in [0.717, 1.165) is 45.1 Å². The van der Waals surface area contributed by atoms with Crippen molar-refractivity contribution in [2.24, 2.45) is 5.92 Å². The van der Waals surface area contributed by atoms with E-state index in [0.29, 0.717) is 54.8 Å². The molecule has 0 amide bonds. The molecule has 1 saturated heterocycles. The molecule has 2 fully saturated rings. The fourth-order valence-electron chi connectivity index (χ4n) is 4.81.